The van der Waals surface area contributed by atoms with Crippen LogP contribution in [0.25, 0.3) is 0 Å². The molecule has 94 valence electrons. The number of benzene rings is 1. The number of piperazine rings is 1. The molecule has 1 unspecified atom stereocenters. The molecule has 1 N–H and O–H groups in total. The molecule has 2 nitrogen and oxygen atoms in total. The SMILES string of the molecule is CCC1CNCCN1c1ccc(Br)c(Cl)c1Cl. The molecule has 1 heterocycles. The molecule has 1 atom stereocenters. The molecule has 0 radical (unpaired) electrons. The van der Waals surface area contributed by atoms with Crippen LogP contribution in [0.1, 0.15) is 13.3 Å². The fourth-order valence-electron chi connectivity index (χ4n) is 2.18. The highest BCUT2D eigenvalue weighted by Gasteiger charge is 2.23. The highest BCUT2D eigenvalue weighted by atomic mass is 79.9. The predicted molar refractivity (Wildman–Crippen MR) is 78.5 cm³/mol. The van der Waals surface area contributed by atoms with Gasteiger partial charge in [0.05, 0.1) is 15.7 Å². The zero-order chi connectivity index (χ0) is 12.4. The minimum Gasteiger partial charge on any atom is -0.365 e. The number of nitrogens with zero attached hydrogens (tertiary/aromatic N) is 1. The van der Waals surface area contributed by atoms with E-state index in [0.29, 0.717) is 16.1 Å². The summed E-state index contributed by atoms with van der Waals surface area (Å²) in [4.78, 5) is 2.34. The van der Waals surface area contributed by atoms with Gasteiger partial charge in [0.25, 0.3) is 0 Å². The van der Waals surface area contributed by atoms with E-state index in [1.807, 2.05) is 12.1 Å². The first-order chi connectivity index (χ1) is 8.15. The summed E-state index contributed by atoms with van der Waals surface area (Å²) in [5.41, 5.74) is 1.04. The van der Waals surface area contributed by atoms with Crippen molar-refractivity contribution in [2.24, 2.45) is 0 Å². The number of nitrogens with one attached hydrogen (secondary N) is 1. The van der Waals surface area contributed by atoms with Crippen molar-refractivity contribution in [3.63, 3.8) is 0 Å². The van der Waals surface area contributed by atoms with Gasteiger partial charge in [0.1, 0.15) is 0 Å². The van der Waals surface area contributed by atoms with E-state index in [1.54, 1.807) is 0 Å². The minimum absolute atomic E-state index is 0.485. The molecule has 1 saturated heterocycles. The molecule has 0 bridgehead atoms. The molecule has 2 rings (SSSR count). The van der Waals surface area contributed by atoms with Gasteiger partial charge < -0.3 is 10.2 Å². The Morgan fingerprint density at radius 2 is 2.18 bits per heavy atom. The fraction of sp³-hybridized carbons (Fsp3) is 0.500. The van der Waals surface area contributed by atoms with Crippen LogP contribution < -0.4 is 10.2 Å². The summed E-state index contributed by atoms with van der Waals surface area (Å²) in [6.45, 7) is 5.15. The van der Waals surface area contributed by atoms with Gasteiger partial charge >= 0.3 is 0 Å². The zero-order valence-corrected chi connectivity index (χ0v) is 12.7. The van der Waals surface area contributed by atoms with Gasteiger partial charge in [0, 0.05) is 30.1 Å². The first kappa shape index (κ1) is 13.5. The third-order valence-electron chi connectivity index (χ3n) is 3.15. The molecule has 0 aromatic heterocycles. The Labute approximate surface area is 120 Å². The summed E-state index contributed by atoms with van der Waals surface area (Å²) < 4.78 is 0.844. The number of rotatable bonds is 2. The van der Waals surface area contributed by atoms with E-state index in [1.165, 1.54) is 0 Å². The number of halogens is 3. The lowest BCUT2D eigenvalue weighted by atomic mass is 10.1. The third-order valence-corrected chi connectivity index (χ3v) is 4.91. The Bertz CT molecular complexity index is 412. The van der Waals surface area contributed by atoms with E-state index in [9.17, 15) is 0 Å². The van der Waals surface area contributed by atoms with Crippen molar-refractivity contribution in [2.45, 2.75) is 19.4 Å². The topological polar surface area (TPSA) is 15.3 Å². The van der Waals surface area contributed by atoms with Gasteiger partial charge in [-0.05, 0) is 34.5 Å². The summed E-state index contributed by atoms with van der Waals surface area (Å²) in [5, 5.41) is 4.64. The summed E-state index contributed by atoms with van der Waals surface area (Å²) in [6.07, 6.45) is 1.09. The maximum absolute atomic E-state index is 6.33. The molecule has 0 amide bonds. The van der Waals surface area contributed by atoms with E-state index in [2.05, 4.69) is 33.1 Å². The van der Waals surface area contributed by atoms with Crippen LogP contribution in [0, 0.1) is 0 Å². The number of anilines is 1. The zero-order valence-electron chi connectivity index (χ0n) is 9.64. The molecular formula is C12H15BrCl2N2. The van der Waals surface area contributed by atoms with E-state index >= 15 is 0 Å². The first-order valence-electron chi connectivity index (χ1n) is 5.76. The summed E-state index contributed by atoms with van der Waals surface area (Å²) in [5.74, 6) is 0. The van der Waals surface area contributed by atoms with Gasteiger partial charge in [-0.25, -0.2) is 0 Å². The highest BCUT2D eigenvalue weighted by Crippen LogP contribution is 2.38. The van der Waals surface area contributed by atoms with E-state index in [-0.39, 0.29) is 0 Å². The van der Waals surface area contributed by atoms with Crippen molar-refractivity contribution in [1.29, 1.82) is 0 Å². The van der Waals surface area contributed by atoms with Crippen molar-refractivity contribution in [1.82, 2.24) is 5.32 Å². The fourth-order valence-corrected chi connectivity index (χ4v) is 3.06. The second-order valence-corrected chi connectivity index (χ2v) is 5.76. The summed E-state index contributed by atoms with van der Waals surface area (Å²) in [6, 6.07) is 4.48. The predicted octanol–water partition coefficient (Wildman–Crippen LogP) is 3.94. The van der Waals surface area contributed by atoms with E-state index in [0.717, 1.165) is 36.2 Å². The average Bonchev–Trinajstić information content (AvgIpc) is 2.36. The van der Waals surface area contributed by atoms with Gasteiger partial charge in [-0.2, -0.15) is 0 Å². The largest absolute Gasteiger partial charge is 0.365 e. The molecule has 0 aliphatic carbocycles. The lowest BCUT2D eigenvalue weighted by molar-refractivity contribution is 0.466. The first-order valence-corrected chi connectivity index (χ1v) is 7.31. The van der Waals surface area contributed by atoms with Crippen LogP contribution in [-0.4, -0.2) is 25.7 Å². The van der Waals surface area contributed by atoms with Crippen LogP contribution in [-0.2, 0) is 0 Å². The lowest BCUT2D eigenvalue weighted by Crippen LogP contribution is -2.51. The average molecular weight is 338 g/mol. The van der Waals surface area contributed by atoms with Crippen molar-refractivity contribution in [3.8, 4) is 0 Å². The second-order valence-electron chi connectivity index (χ2n) is 4.15. The van der Waals surface area contributed by atoms with E-state index in [4.69, 9.17) is 23.2 Å². The Hall–Kier alpha value is 0.0400. The molecule has 0 spiro atoms. The van der Waals surface area contributed by atoms with Crippen LogP contribution in [0.2, 0.25) is 10.0 Å². The normalized spacial score (nSPS) is 20.7. The molecule has 1 aromatic rings. The highest BCUT2D eigenvalue weighted by molar-refractivity contribution is 9.10. The van der Waals surface area contributed by atoms with Crippen LogP contribution in [0.5, 0.6) is 0 Å². The van der Waals surface area contributed by atoms with E-state index < -0.39 is 0 Å². The quantitative estimate of drug-likeness (QED) is 0.822. The molecule has 1 aliphatic heterocycles. The van der Waals surface area contributed by atoms with Gasteiger partial charge in [0.15, 0.2) is 0 Å². The van der Waals surface area contributed by atoms with Crippen molar-refractivity contribution < 1.29 is 0 Å². The molecule has 0 saturated carbocycles. The van der Waals surface area contributed by atoms with Crippen LogP contribution in [0.15, 0.2) is 16.6 Å². The van der Waals surface area contributed by atoms with Crippen molar-refractivity contribution in [2.75, 3.05) is 24.5 Å². The molecule has 1 aliphatic rings. The molecule has 1 fully saturated rings. The van der Waals surface area contributed by atoms with Crippen molar-refractivity contribution >= 4 is 44.8 Å². The van der Waals surface area contributed by atoms with Gasteiger partial charge in [-0.3, -0.25) is 0 Å². The molecular weight excluding hydrogens is 323 g/mol. The van der Waals surface area contributed by atoms with Crippen molar-refractivity contribution in [3.05, 3.63) is 26.7 Å². The Kier molecular flexibility index (Phi) is 4.59. The molecule has 5 heteroatoms. The number of hydrogen-bond acceptors (Lipinski definition) is 2. The number of hydrogen-bond donors (Lipinski definition) is 1. The minimum atomic E-state index is 0.485. The standard InChI is InChI=1S/C12H15BrCl2N2/c1-2-8-7-16-5-6-17(8)10-4-3-9(13)11(14)12(10)15/h3-4,8,16H,2,5-7H2,1H3. The van der Waals surface area contributed by atoms with Crippen LogP contribution in [0.3, 0.4) is 0 Å². The van der Waals surface area contributed by atoms with Gasteiger partial charge in [0.2, 0.25) is 0 Å². The Balaban J connectivity index is 2.35. The smallest absolute Gasteiger partial charge is 0.0837 e. The monoisotopic (exact) mass is 336 g/mol. The maximum atomic E-state index is 6.33. The lowest BCUT2D eigenvalue weighted by Gasteiger charge is -2.38. The van der Waals surface area contributed by atoms with Gasteiger partial charge in [-0.15, -0.1) is 0 Å². The van der Waals surface area contributed by atoms with Crippen LogP contribution in [0.4, 0.5) is 5.69 Å². The van der Waals surface area contributed by atoms with Crippen LogP contribution >= 0.6 is 39.1 Å². The second kappa shape index (κ2) is 5.79. The summed E-state index contributed by atoms with van der Waals surface area (Å²) in [7, 11) is 0. The maximum Gasteiger partial charge on any atom is 0.0837 e. The molecule has 17 heavy (non-hydrogen) atoms. The Morgan fingerprint density at radius 1 is 1.41 bits per heavy atom. The molecule has 1 aromatic carbocycles. The van der Waals surface area contributed by atoms with Gasteiger partial charge in [-0.1, -0.05) is 30.1 Å². The Morgan fingerprint density at radius 3 is 2.88 bits per heavy atom. The summed E-state index contributed by atoms with van der Waals surface area (Å²) >= 11 is 15.9. The third kappa shape index (κ3) is 2.73.